The summed E-state index contributed by atoms with van der Waals surface area (Å²) in [6.45, 7) is 0. The fraction of sp³-hybridized carbons (Fsp3) is 0.176. The first-order valence-electron chi connectivity index (χ1n) is 7.38. The van der Waals surface area contributed by atoms with E-state index in [1.54, 1.807) is 6.07 Å². The quantitative estimate of drug-likeness (QED) is 0.644. The Labute approximate surface area is 146 Å². The summed E-state index contributed by atoms with van der Waals surface area (Å²) < 4.78 is 37.9. The van der Waals surface area contributed by atoms with E-state index in [1.165, 1.54) is 42.5 Å². The van der Waals surface area contributed by atoms with Crippen LogP contribution in [0.25, 0.3) is 0 Å². The molecule has 130 valence electrons. The van der Waals surface area contributed by atoms with Gasteiger partial charge in [0.05, 0.1) is 12.1 Å². The van der Waals surface area contributed by atoms with Gasteiger partial charge < -0.3 is 5.32 Å². The van der Waals surface area contributed by atoms with E-state index in [-0.39, 0.29) is 6.42 Å². The molecule has 1 fully saturated rings. The van der Waals surface area contributed by atoms with Crippen molar-refractivity contribution in [2.75, 3.05) is 10.2 Å². The van der Waals surface area contributed by atoms with Gasteiger partial charge in [0, 0.05) is 10.6 Å². The number of anilines is 2. The van der Waals surface area contributed by atoms with E-state index in [0.29, 0.717) is 28.0 Å². The van der Waals surface area contributed by atoms with Crippen molar-refractivity contribution < 1.29 is 22.8 Å². The average molecular weight is 366 g/mol. The molecule has 1 N–H and O–H groups in total. The molecule has 1 aliphatic rings. The topological polar surface area (TPSA) is 49.4 Å². The molecule has 1 atom stereocenters. The monoisotopic (exact) mass is 366 g/mol. The predicted octanol–water partition coefficient (Wildman–Crippen LogP) is 3.88. The van der Waals surface area contributed by atoms with E-state index in [1.807, 2.05) is 0 Å². The summed E-state index contributed by atoms with van der Waals surface area (Å²) >= 11 is 0.385. The summed E-state index contributed by atoms with van der Waals surface area (Å²) in [7, 11) is 0. The van der Waals surface area contributed by atoms with Gasteiger partial charge in [-0.25, -0.2) is 9.29 Å². The first-order valence-corrected chi connectivity index (χ1v) is 8.26. The molecule has 0 saturated carbocycles. The molecule has 1 heterocycles. The van der Waals surface area contributed by atoms with Crippen LogP contribution in [0.1, 0.15) is 6.42 Å². The second-order valence-corrected chi connectivity index (χ2v) is 6.41. The lowest BCUT2D eigenvalue weighted by Crippen LogP contribution is -2.34. The van der Waals surface area contributed by atoms with E-state index in [0.717, 1.165) is 4.90 Å². The number of carbonyl (C=O) groups excluding carboxylic acids is 2. The van der Waals surface area contributed by atoms with Crippen LogP contribution in [-0.2, 0) is 9.59 Å². The molecular formula is C17H13F3N2O2S. The fourth-order valence-electron chi connectivity index (χ4n) is 2.57. The minimum Gasteiger partial charge on any atom is -0.373 e. The van der Waals surface area contributed by atoms with Crippen molar-refractivity contribution in [2.45, 2.75) is 23.1 Å². The maximum Gasteiger partial charge on any atom is 0.288 e. The third-order valence-corrected chi connectivity index (χ3v) is 4.35. The van der Waals surface area contributed by atoms with E-state index in [9.17, 15) is 22.8 Å². The smallest absolute Gasteiger partial charge is 0.288 e. The minimum absolute atomic E-state index is 0.0666. The number of imide groups is 1. The Hall–Kier alpha value is -2.48. The minimum atomic E-state index is -2.54. The third kappa shape index (κ3) is 3.96. The van der Waals surface area contributed by atoms with Crippen molar-refractivity contribution in [3.8, 4) is 0 Å². The number of alkyl halides is 2. The summed E-state index contributed by atoms with van der Waals surface area (Å²) in [6.07, 6.45) is -0.0666. The molecule has 0 radical (unpaired) electrons. The molecule has 0 spiro atoms. The molecule has 2 aromatic rings. The number of thioether (sulfide) groups is 1. The third-order valence-electron chi connectivity index (χ3n) is 3.63. The first-order chi connectivity index (χ1) is 11.9. The van der Waals surface area contributed by atoms with Crippen molar-refractivity contribution in [1.29, 1.82) is 0 Å². The summed E-state index contributed by atoms with van der Waals surface area (Å²) in [4.78, 5) is 26.0. The first kappa shape index (κ1) is 17.3. The van der Waals surface area contributed by atoms with Gasteiger partial charge in [-0.3, -0.25) is 9.59 Å². The van der Waals surface area contributed by atoms with Gasteiger partial charge in [-0.05, 0) is 42.5 Å². The molecule has 25 heavy (non-hydrogen) atoms. The van der Waals surface area contributed by atoms with E-state index >= 15 is 0 Å². The fourth-order valence-corrected chi connectivity index (χ4v) is 3.07. The molecule has 0 aromatic heterocycles. The molecule has 1 aliphatic heterocycles. The standard InChI is InChI=1S/C17H13F3N2O2S/c18-10-2-1-3-11(8-10)21-14-9-15(23)22(16(14)24)12-4-6-13(7-5-12)25-17(19)20/h1-8,14,17,21H,9H2/t14-/m0/s1. The Bertz CT molecular complexity index is 799. The van der Waals surface area contributed by atoms with Gasteiger partial charge in [-0.1, -0.05) is 17.8 Å². The number of rotatable bonds is 5. The van der Waals surface area contributed by atoms with E-state index in [2.05, 4.69) is 5.32 Å². The molecule has 0 aliphatic carbocycles. The van der Waals surface area contributed by atoms with Gasteiger partial charge in [0.1, 0.15) is 11.9 Å². The Balaban J connectivity index is 1.75. The second kappa shape index (κ2) is 7.18. The van der Waals surface area contributed by atoms with E-state index in [4.69, 9.17) is 0 Å². The van der Waals surface area contributed by atoms with Gasteiger partial charge >= 0.3 is 0 Å². The highest BCUT2D eigenvalue weighted by Gasteiger charge is 2.39. The van der Waals surface area contributed by atoms with Crippen molar-refractivity contribution >= 4 is 35.0 Å². The highest BCUT2D eigenvalue weighted by molar-refractivity contribution is 7.99. The highest BCUT2D eigenvalue weighted by atomic mass is 32.2. The zero-order valence-electron chi connectivity index (χ0n) is 12.8. The number of amides is 2. The van der Waals surface area contributed by atoms with Crippen molar-refractivity contribution in [2.24, 2.45) is 0 Å². The van der Waals surface area contributed by atoms with Gasteiger partial charge in [0.15, 0.2) is 0 Å². The molecule has 0 unspecified atom stereocenters. The number of nitrogens with one attached hydrogen (secondary N) is 1. The van der Waals surface area contributed by atoms with Gasteiger partial charge in [-0.15, -0.1) is 0 Å². The normalized spacial score (nSPS) is 17.4. The molecule has 8 heteroatoms. The van der Waals surface area contributed by atoms with Crippen LogP contribution < -0.4 is 10.2 Å². The summed E-state index contributed by atoms with van der Waals surface area (Å²) in [5, 5.41) is 2.84. The van der Waals surface area contributed by atoms with E-state index < -0.39 is 29.4 Å². The summed E-state index contributed by atoms with van der Waals surface area (Å²) in [6, 6.07) is 10.6. The molecular weight excluding hydrogens is 353 g/mol. The highest BCUT2D eigenvalue weighted by Crippen LogP contribution is 2.30. The lowest BCUT2D eigenvalue weighted by atomic mass is 10.2. The molecule has 2 amide bonds. The zero-order chi connectivity index (χ0) is 18.0. The van der Waals surface area contributed by atoms with Gasteiger partial charge in [0.25, 0.3) is 11.7 Å². The predicted molar refractivity (Wildman–Crippen MR) is 89.2 cm³/mol. The second-order valence-electron chi connectivity index (χ2n) is 5.35. The molecule has 2 aromatic carbocycles. The SMILES string of the molecule is O=C1C[C@H](Nc2cccc(F)c2)C(=O)N1c1ccc(SC(F)F)cc1. The molecule has 3 rings (SSSR count). The van der Waals surface area contributed by atoms with Crippen LogP contribution in [-0.4, -0.2) is 23.6 Å². The van der Waals surface area contributed by atoms with Crippen LogP contribution in [0.4, 0.5) is 24.5 Å². The average Bonchev–Trinajstić information content (AvgIpc) is 2.82. The zero-order valence-corrected chi connectivity index (χ0v) is 13.6. The maximum absolute atomic E-state index is 13.2. The molecule has 1 saturated heterocycles. The Morgan fingerprint density at radius 3 is 2.48 bits per heavy atom. The van der Waals surface area contributed by atoms with Crippen LogP contribution in [0.2, 0.25) is 0 Å². The largest absolute Gasteiger partial charge is 0.373 e. The number of benzene rings is 2. The molecule has 0 bridgehead atoms. The van der Waals surface area contributed by atoms with Gasteiger partial charge in [0.2, 0.25) is 5.91 Å². The number of hydrogen-bond donors (Lipinski definition) is 1. The van der Waals surface area contributed by atoms with Crippen molar-refractivity contribution in [1.82, 2.24) is 0 Å². The lowest BCUT2D eigenvalue weighted by molar-refractivity contribution is -0.121. The number of halogens is 3. The number of carbonyl (C=O) groups is 2. The van der Waals surface area contributed by atoms with Crippen LogP contribution in [0.15, 0.2) is 53.4 Å². The summed E-state index contributed by atoms with van der Waals surface area (Å²) in [5.74, 6) is -3.87. The maximum atomic E-state index is 13.2. The molecule has 4 nitrogen and oxygen atoms in total. The Morgan fingerprint density at radius 1 is 1.12 bits per heavy atom. The summed E-state index contributed by atoms with van der Waals surface area (Å²) in [5.41, 5.74) is 0.717. The number of nitrogens with zero attached hydrogens (tertiary/aromatic N) is 1. The van der Waals surface area contributed by atoms with Crippen LogP contribution in [0.3, 0.4) is 0 Å². The van der Waals surface area contributed by atoms with Crippen molar-refractivity contribution in [3.63, 3.8) is 0 Å². The lowest BCUT2D eigenvalue weighted by Gasteiger charge is -2.16. The Morgan fingerprint density at radius 2 is 1.84 bits per heavy atom. The van der Waals surface area contributed by atoms with Crippen molar-refractivity contribution in [3.05, 3.63) is 54.3 Å². The Kier molecular flexibility index (Phi) is 4.98. The van der Waals surface area contributed by atoms with Crippen LogP contribution >= 0.6 is 11.8 Å². The number of hydrogen-bond acceptors (Lipinski definition) is 4. The van der Waals surface area contributed by atoms with Crippen LogP contribution in [0.5, 0.6) is 0 Å². The van der Waals surface area contributed by atoms with Crippen LogP contribution in [0, 0.1) is 5.82 Å². The van der Waals surface area contributed by atoms with Gasteiger partial charge in [-0.2, -0.15) is 8.78 Å².